The van der Waals surface area contributed by atoms with E-state index >= 15 is 0 Å². The molecule has 2 atom stereocenters. The molecule has 0 aliphatic carbocycles. The standard InChI is InChI=1S/C23H26N2O3/c1-16-6-3-4-7-20(16)21-8-5-13-24(21)23(27)17-14-22(26)25(15-17)18-9-11-19(28-2)12-10-18/h3-4,6-7,9-12,17,21H,5,8,13-15H2,1-2H3. The SMILES string of the molecule is COc1ccc(N2CC(C(=O)N3CCCC3c3ccccc3C)CC2=O)cc1. The van der Waals surface area contributed by atoms with Crippen molar-refractivity contribution in [2.24, 2.45) is 5.92 Å². The Morgan fingerprint density at radius 2 is 1.86 bits per heavy atom. The zero-order valence-electron chi connectivity index (χ0n) is 16.4. The lowest BCUT2D eigenvalue weighted by molar-refractivity contribution is -0.136. The van der Waals surface area contributed by atoms with E-state index in [4.69, 9.17) is 4.74 Å². The van der Waals surface area contributed by atoms with Crippen LogP contribution in [0.5, 0.6) is 5.75 Å². The molecule has 2 unspecified atom stereocenters. The number of rotatable bonds is 4. The van der Waals surface area contributed by atoms with Crippen molar-refractivity contribution in [1.29, 1.82) is 0 Å². The number of methoxy groups -OCH3 is 1. The fourth-order valence-corrected chi connectivity index (χ4v) is 4.43. The molecule has 0 radical (unpaired) electrons. The Hall–Kier alpha value is -2.82. The lowest BCUT2D eigenvalue weighted by atomic mass is 9.98. The molecule has 2 aliphatic heterocycles. The second-order valence-corrected chi connectivity index (χ2v) is 7.65. The summed E-state index contributed by atoms with van der Waals surface area (Å²) in [7, 11) is 1.62. The van der Waals surface area contributed by atoms with Gasteiger partial charge < -0.3 is 14.5 Å². The first-order valence-corrected chi connectivity index (χ1v) is 9.89. The van der Waals surface area contributed by atoms with E-state index < -0.39 is 0 Å². The fourth-order valence-electron chi connectivity index (χ4n) is 4.43. The van der Waals surface area contributed by atoms with Gasteiger partial charge in [-0.05, 0) is 55.2 Å². The minimum atomic E-state index is -0.278. The smallest absolute Gasteiger partial charge is 0.228 e. The average Bonchev–Trinajstić information content (AvgIpc) is 3.35. The molecule has 0 saturated carbocycles. The lowest BCUT2D eigenvalue weighted by Crippen LogP contribution is -2.37. The zero-order chi connectivity index (χ0) is 19.7. The number of anilines is 1. The van der Waals surface area contributed by atoms with Crippen molar-refractivity contribution in [3.63, 3.8) is 0 Å². The molecular formula is C23H26N2O3. The van der Waals surface area contributed by atoms with Gasteiger partial charge >= 0.3 is 0 Å². The first kappa shape index (κ1) is 18.5. The Morgan fingerprint density at radius 1 is 1.11 bits per heavy atom. The highest BCUT2D eigenvalue weighted by atomic mass is 16.5. The Morgan fingerprint density at radius 3 is 2.57 bits per heavy atom. The number of aryl methyl sites for hydroxylation is 1. The van der Waals surface area contributed by atoms with Gasteiger partial charge in [0.05, 0.1) is 19.1 Å². The van der Waals surface area contributed by atoms with Crippen LogP contribution in [0.2, 0.25) is 0 Å². The Balaban J connectivity index is 1.50. The van der Waals surface area contributed by atoms with Gasteiger partial charge in [0.1, 0.15) is 5.75 Å². The van der Waals surface area contributed by atoms with Gasteiger partial charge in [-0.2, -0.15) is 0 Å². The summed E-state index contributed by atoms with van der Waals surface area (Å²) in [4.78, 5) is 29.6. The van der Waals surface area contributed by atoms with E-state index in [0.29, 0.717) is 6.54 Å². The van der Waals surface area contributed by atoms with Gasteiger partial charge in [-0.3, -0.25) is 9.59 Å². The largest absolute Gasteiger partial charge is 0.497 e. The number of likely N-dealkylation sites (tertiary alicyclic amines) is 1. The third-order valence-electron chi connectivity index (χ3n) is 5.94. The maximum Gasteiger partial charge on any atom is 0.228 e. The number of hydrogen-bond donors (Lipinski definition) is 0. The van der Waals surface area contributed by atoms with Crippen molar-refractivity contribution in [2.45, 2.75) is 32.2 Å². The Labute approximate surface area is 165 Å². The van der Waals surface area contributed by atoms with Crippen LogP contribution in [0.4, 0.5) is 5.69 Å². The molecule has 2 aromatic rings. The molecule has 2 heterocycles. The van der Waals surface area contributed by atoms with Crippen LogP contribution in [0.15, 0.2) is 48.5 Å². The molecule has 2 saturated heterocycles. The lowest BCUT2D eigenvalue weighted by Gasteiger charge is -2.28. The Kier molecular flexibility index (Phi) is 5.07. The number of ether oxygens (including phenoxy) is 1. The van der Waals surface area contributed by atoms with Gasteiger partial charge in [0.15, 0.2) is 0 Å². The number of nitrogens with zero attached hydrogens (tertiary/aromatic N) is 2. The molecule has 2 aromatic carbocycles. The van der Waals surface area contributed by atoms with Crippen molar-refractivity contribution >= 4 is 17.5 Å². The molecule has 0 aromatic heterocycles. The third-order valence-corrected chi connectivity index (χ3v) is 5.94. The number of carbonyl (C=O) groups excluding carboxylic acids is 2. The molecule has 2 amide bonds. The maximum absolute atomic E-state index is 13.3. The van der Waals surface area contributed by atoms with Crippen molar-refractivity contribution in [3.05, 3.63) is 59.7 Å². The maximum atomic E-state index is 13.3. The molecule has 5 nitrogen and oxygen atoms in total. The summed E-state index contributed by atoms with van der Waals surface area (Å²) >= 11 is 0. The highest BCUT2D eigenvalue weighted by Crippen LogP contribution is 2.36. The van der Waals surface area contributed by atoms with Crippen LogP contribution in [-0.2, 0) is 9.59 Å². The van der Waals surface area contributed by atoms with Crippen molar-refractivity contribution in [3.8, 4) is 5.75 Å². The van der Waals surface area contributed by atoms with Crippen LogP contribution in [0.25, 0.3) is 0 Å². The van der Waals surface area contributed by atoms with E-state index in [1.54, 1.807) is 12.0 Å². The van der Waals surface area contributed by atoms with Gasteiger partial charge in [-0.15, -0.1) is 0 Å². The monoisotopic (exact) mass is 378 g/mol. The van der Waals surface area contributed by atoms with E-state index in [9.17, 15) is 9.59 Å². The van der Waals surface area contributed by atoms with Crippen LogP contribution in [-0.4, -0.2) is 36.9 Å². The minimum absolute atomic E-state index is 0.00940. The number of hydrogen-bond acceptors (Lipinski definition) is 3. The van der Waals surface area contributed by atoms with Crippen LogP contribution >= 0.6 is 0 Å². The predicted molar refractivity (Wildman–Crippen MR) is 108 cm³/mol. The summed E-state index contributed by atoms with van der Waals surface area (Å²) in [5.41, 5.74) is 3.26. The molecule has 5 heteroatoms. The van der Waals surface area contributed by atoms with Gasteiger partial charge in [-0.1, -0.05) is 24.3 Å². The predicted octanol–water partition coefficient (Wildman–Crippen LogP) is 3.72. The quantitative estimate of drug-likeness (QED) is 0.815. The Bertz CT molecular complexity index is 878. The molecule has 0 spiro atoms. The summed E-state index contributed by atoms with van der Waals surface area (Å²) in [6.07, 6.45) is 2.27. The van der Waals surface area contributed by atoms with E-state index in [0.717, 1.165) is 30.8 Å². The first-order chi connectivity index (χ1) is 13.6. The average molecular weight is 378 g/mol. The molecule has 146 valence electrons. The number of carbonyl (C=O) groups is 2. The normalized spacial score (nSPS) is 22.0. The van der Waals surface area contributed by atoms with Crippen molar-refractivity contribution < 1.29 is 14.3 Å². The fraction of sp³-hybridized carbons (Fsp3) is 0.391. The van der Waals surface area contributed by atoms with Gasteiger partial charge in [-0.25, -0.2) is 0 Å². The summed E-state index contributed by atoms with van der Waals surface area (Å²) in [6, 6.07) is 15.8. The van der Waals surface area contributed by atoms with Crippen molar-refractivity contribution in [1.82, 2.24) is 4.90 Å². The summed E-state index contributed by atoms with van der Waals surface area (Å²) in [6.45, 7) is 3.31. The van der Waals surface area contributed by atoms with Gasteiger partial charge in [0.25, 0.3) is 0 Å². The van der Waals surface area contributed by atoms with Crippen LogP contribution in [0.1, 0.15) is 36.4 Å². The summed E-state index contributed by atoms with van der Waals surface area (Å²) in [5.74, 6) is 0.589. The van der Waals surface area contributed by atoms with Crippen LogP contribution in [0, 0.1) is 12.8 Å². The van der Waals surface area contributed by atoms with Crippen LogP contribution in [0.3, 0.4) is 0 Å². The second kappa shape index (κ2) is 7.66. The highest BCUT2D eigenvalue weighted by molar-refractivity contribution is 6.00. The molecule has 28 heavy (non-hydrogen) atoms. The van der Waals surface area contributed by atoms with Gasteiger partial charge in [0, 0.05) is 25.2 Å². The molecular weight excluding hydrogens is 352 g/mol. The first-order valence-electron chi connectivity index (χ1n) is 9.89. The molecule has 4 rings (SSSR count). The highest BCUT2D eigenvalue weighted by Gasteiger charge is 2.40. The van der Waals surface area contributed by atoms with E-state index in [1.807, 2.05) is 41.3 Å². The van der Waals surface area contributed by atoms with E-state index in [-0.39, 0.29) is 30.2 Å². The topological polar surface area (TPSA) is 49.9 Å². The summed E-state index contributed by atoms with van der Waals surface area (Å²) < 4.78 is 5.18. The minimum Gasteiger partial charge on any atom is -0.497 e. The number of benzene rings is 2. The molecule has 2 aliphatic rings. The summed E-state index contributed by atoms with van der Waals surface area (Å²) in [5, 5.41) is 0. The third kappa shape index (κ3) is 3.37. The van der Waals surface area contributed by atoms with Gasteiger partial charge in [0.2, 0.25) is 11.8 Å². The molecule has 2 fully saturated rings. The number of amides is 2. The van der Waals surface area contributed by atoms with Crippen molar-refractivity contribution in [2.75, 3.05) is 25.1 Å². The van der Waals surface area contributed by atoms with Crippen LogP contribution < -0.4 is 9.64 Å². The van der Waals surface area contributed by atoms with E-state index in [2.05, 4.69) is 19.1 Å². The molecule has 0 N–H and O–H groups in total. The second-order valence-electron chi connectivity index (χ2n) is 7.65. The zero-order valence-corrected chi connectivity index (χ0v) is 16.4. The molecule has 0 bridgehead atoms. The van der Waals surface area contributed by atoms with E-state index in [1.165, 1.54) is 11.1 Å².